The van der Waals surface area contributed by atoms with Crippen LogP contribution in [-0.4, -0.2) is 29.3 Å². The van der Waals surface area contributed by atoms with Crippen LogP contribution in [0.5, 0.6) is 0 Å². The summed E-state index contributed by atoms with van der Waals surface area (Å²) in [5.74, 6) is 0. The van der Waals surface area contributed by atoms with Crippen LogP contribution in [0.2, 0.25) is 0 Å². The molecule has 0 unspecified atom stereocenters. The summed E-state index contributed by atoms with van der Waals surface area (Å²) in [7, 11) is 1.73. The topological polar surface area (TPSA) is 58.1 Å². The van der Waals surface area contributed by atoms with E-state index in [1.807, 2.05) is 0 Å². The molecule has 0 atom stereocenters. The van der Waals surface area contributed by atoms with E-state index < -0.39 is 0 Å². The predicted molar refractivity (Wildman–Crippen MR) is 68.6 cm³/mol. The molecule has 1 aromatic rings. The van der Waals surface area contributed by atoms with E-state index in [0.717, 1.165) is 17.8 Å². The van der Waals surface area contributed by atoms with E-state index in [2.05, 4.69) is 36.3 Å². The molecule has 17 heavy (non-hydrogen) atoms. The first kappa shape index (κ1) is 12.3. The third-order valence-corrected chi connectivity index (χ3v) is 3.98. The second-order valence-electron chi connectivity index (χ2n) is 5.42. The van der Waals surface area contributed by atoms with E-state index in [-0.39, 0.29) is 11.4 Å². The lowest BCUT2D eigenvalue weighted by Crippen LogP contribution is -2.38. The van der Waals surface area contributed by atoms with Crippen molar-refractivity contribution in [2.45, 2.75) is 45.1 Å². The van der Waals surface area contributed by atoms with Gasteiger partial charge in [-0.1, -0.05) is 32.1 Å². The van der Waals surface area contributed by atoms with Gasteiger partial charge in [0.15, 0.2) is 0 Å². The second kappa shape index (κ2) is 4.25. The summed E-state index contributed by atoms with van der Waals surface area (Å²) >= 11 is 1.47. The van der Waals surface area contributed by atoms with Crippen molar-refractivity contribution in [1.29, 1.82) is 0 Å². The normalized spacial score (nSPS) is 15.8. The molecule has 6 heteroatoms. The summed E-state index contributed by atoms with van der Waals surface area (Å²) in [5, 5.41) is 12.7. The van der Waals surface area contributed by atoms with Gasteiger partial charge >= 0.3 is 6.03 Å². The van der Waals surface area contributed by atoms with Gasteiger partial charge in [0, 0.05) is 18.5 Å². The van der Waals surface area contributed by atoms with Crippen LogP contribution in [0.15, 0.2) is 0 Å². The molecule has 5 nitrogen and oxygen atoms in total. The van der Waals surface area contributed by atoms with E-state index in [0.29, 0.717) is 11.2 Å². The monoisotopic (exact) mass is 254 g/mol. The van der Waals surface area contributed by atoms with Crippen LogP contribution >= 0.6 is 11.3 Å². The van der Waals surface area contributed by atoms with E-state index >= 15 is 0 Å². The fourth-order valence-corrected chi connectivity index (χ4v) is 2.10. The number of nitrogens with zero attached hydrogens (tertiary/aromatic N) is 3. The highest BCUT2D eigenvalue weighted by atomic mass is 32.1. The smallest absolute Gasteiger partial charge is 0.323 e. The number of rotatable bonds is 2. The molecule has 94 valence electrons. The van der Waals surface area contributed by atoms with Crippen LogP contribution in [-0.2, 0) is 5.41 Å². The third kappa shape index (κ3) is 2.94. The van der Waals surface area contributed by atoms with Crippen molar-refractivity contribution >= 4 is 22.5 Å². The van der Waals surface area contributed by atoms with Crippen molar-refractivity contribution < 1.29 is 4.79 Å². The number of anilines is 1. The Balaban J connectivity index is 2.05. The number of aromatic nitrogens is 2. The maximum atomic E-state index is 11.8. The first-order chi connectivity index (χ1) is 7.88. The van der Waals surface area contributed by atoms with Crippen LogP contribution in [0.25, 0.3) is 0 Å². The highest BCUT2D eigenvalue weighted by Crippen LogP contribution is 2.29. The Morgan fingerprint density at radius 2 is 2.06 bits per heavy atom. The van der Waals surface area contributed by atoms with Crippen LogP contribution in [0.1, 0.15) is 38.6 Å². The van der Waals surface area contributed by atoms with Gasteiger partial charge in [-0.2, -0.15) is 0 Å². The lowest BCUT2D eigenvalue weighted by Gasteiger charge is -2.14. The summed E-state index contributed by atoms with van der Waals surface area (Å²) in [4.78, 5) is 13.3. The summed E-state index contributed by atoms with van der Waals surface area (Å²) < 4.78 is 0. The van der Waals surface area contributed by atoms with E-state index in [9.17, 15) is 4.79 Å². The van der Waals surface area contributed by atoms with Crippen LogP contribution in [0.3, 0.4) is 0 Å². The molecule has 0 aliphatic heterocycles. The van der Waals surface area contributed by atoms with Crippen molar-refractivity contribution in [3.8, 4) is 0 Å². The molecule has 0 radical (unpaired) electrons. The molecule has 0 bridgehead atoms. The number of hydrogen-bond acceptors (Lipinski definition) is 4. The molecule has 1 heterocycles. The van der Waals surface area contributed by atoms with Gasteiger partial charge in [-0.3, -0.25) is 4.90 Å². The Hall–Kier alpha value is -1.17. The minimum absolute atomic E-state index is 0.0241. The number of carbonyl (C=O) groups excluding carboxylic acids is 1. The van der Waals surface area contributed by atoms with Crippen molar-refractivity contribution in [2.24, 2.45) is 0 Å². The minimum Gasteiger partial charge on any atom is -0.335 e. The summed E-state index contributed by atoms with van der Waals surface area (Å²) in [5.41, 5.74) is -0.0241. The Morgan fingerprint density at radius 3 is 2.53 bits per heavy atom. The Bertz CT molecular complexity index is 419. The van der Waals surface area contributed by atoms with Gasteiger partial charge in [-0.15, -0.1) is 10.2 Å². The molecule has 1 aromatic heterocycles. The van der Waals surface area contributed by atoms with Crippen LogP contribution in [0.4, 0.5) is 9.93 Å². The lowest BCUT2D eigenvalue weighted by molar-refractivity contribution is 0.247. The third-order valence-electron chi connectivity index (χ3n) is 2.55. The zero-order chi connectivity index (χ0) is 12.6. The highest BCUT2D eigenvalue weighted by molar-refractivity contribution is 7.15. The molecule has 0 saturated heterocycles. The fourth-order valence-electron chi connectivity index (χ4n) is 1.24. The number of amides is 2. The maximum Gasteiger partial charge on any atom is 0.323 e. The first-order valence-corrected chi connectivity index (χ1v) is 6.58. The molecule has 2 rings (SSSR count). The zero-order valence-corrected chi connectivity index (χ0v) is 11.5. The lowest BCUT2D eigenvalue weighted by atomic mass is 9.98. The molecule has 0 spiro atoms. The number of carbonyl (C=O) groups is 1. The van der Waals surface area contributed by atoms with Gasteiger partial charge in [0.2, 0.25) is 5.13 Å². The van der Waals surface area contributed by atoms with Gasteiger partial charge in [0.05, 0.1) is 0 Å². The Kier molecular flexibility index (Phi) is 3.07. The molecule has 0 aromatic carbocycles. The Morgan fingerprint density at radius 1 is 1.41 bits per heavy atom. The molecule has 2 amide bonds. The van der Waals surface area contributed by atoms with Crippen molar-refractivity contribution in [1.82, 2.24) is 15.5 Å². The van der Waals surface area contributed by atoms with Gasteiger partial charge in [0.1, 0.15) is 5.01 Å². The van der Waals surface area contributed by atoms with Gasteiger partial charge in [-0.25, -0.2) is 4.79 Å². The average molecular weight is 254 g/mol. The zero-order valence-electron chi connectivity index (χ0n) is 10.6. The fraction of sp³-hybridized carbons (Fsp3) is 0.727. The molecule has 1 aliphatic carbocycles. The van der Waals surface area contributed by atoms with E-state index in [1.165, 1.54) is 16.2 Å². The maximum absolute atomic E-state index is 11.8. The highest BCUT2D eigenvalue weighted by Gasteiger charge is 2.27. The summed E-state index contributed by atoms with van der Waals surface area (Å²) in [6.07, 6.45) is 2.17. The van der Waals surface area contributed by atoms with Crippen molar-refractivity contribution in [3.63, 3.8) is 0 Å². The number of nitrogens with one attached hydrogen (secondary N) is 1. The largest absolute Gasteiger partial charge is 0.335 e. The molecule has 1 saturated carbocycles. The molecule has 1 fully saturated rings. The van der Waals surface area contributed by atoms with Crippen LogP contribution in [0, 0.1) is 0 Å². The predicted octanol–water partition coefficient (Wildman–Crippen LogP) is 2.14. The molecule has 1 N–H and O–H groups in total. The van der Waals surface area contributed by atoms with Gasteiger partial charge in [-0.05, 0) is 12.8 Å². The number of hydrogen-bond donors (Lipinski definition) is 1. The SMILES string of the molecule is CN(C(=O)NC1CC1)c1nnc(C(C)(C)C)s1. The van der Waals surface area contributed by atoms with Gasteiger partial charge < -0.3 is 5.32 Å². The molecule has 1 aliphatic rings. The van der Waals surface area contributed by atoms with E-state index in [4.69, 9.17) is 0 Å². The minimum atomic E-state index is -0.0934. The number of urea groups is 1. The quantitative estimate of drug-likeness (QED) is 0.879. The first-order valence-electron chi connectivity index (χ1n) is 5.76. The molecular weight excluding hydrogens is 236 g/mol. The molecular formula is C11H18N4OS. The average Bonchev–Trinajstić information content (AvgIpc) is 2.89. The summed E-state index contributed by atoms with van der Waals surface area (Å²) in [6.45, 7) is 6.25. The van der Waals surface area contributed by atoms with Crippen molar-refractivity contribution in [2.75, 3.05) is 11.9 Å². The summed E-state index contributed by atoms with van der Waals surface area (Å²) in [6, 6.07) is 0.268. The van der Waals surface area contributed by atoms with Crippen LogP contribution < -0.4 is 10.2 Å². The standard InChI is InChI=1S/C11H18N4OS/c1-11(2,3)8-13-14-10(17-8)15(4)9(16)12-7-5-6-7/h7H,5-6H2,1-4H3,(H,12,16). The van der Waals surface area contributed by atoms with Gasteiger partial charge in [0.25, 0.3) is 0 Å². The van der Waals surface area contributed by atoms with Crippen molar-refractivity contribution in [3.05, 3.63) is 5.01 Å². The van der Waals surface area contributed by atoms with E-state index in [1.54, 1.807) is 7.05 Å². The Labute approximate surface area is 105 Å². The second-order valence-corrected chi connectivity index (χ2v) is 6.38.